The van der Waals surface area contributed by atoms with Crippen molar-refractivity contribution in [2.45, 2.75) is 52.1 Å². The largest absolute Gasteiger partial charge is 0.494 e. The molecule has 0 heterocycles. The Kier molecular flexibility index (Phi) is 6.71. The Morgan fingerprint density at radius 2 is 1.68 bits per heavy atom. The van der Waals surface area contributed by atoms with Gasteiger partial charge in [-0.1, -0.05) is 19.8 Å². The normalized spacial score (nSPS) is 11.4. The molecule has 0 aromatic heterocycles. The van der Waals surface area contributed by atoms with Crippen LogP contribution in [0.2, 0.25) is 0 Å². The van der Waals surface area contributed by atoms with Crippen molar-refractivity contribution < 1.29 is 14.6 Å². The lowest BCUT2D eigenvalue weighted by Crippen LogP contribution is -2.29. The monoisotopic (exact) mass is 266 g/mol. The molecule has 0 bridgehead atoms. The highest BCUT2D eigenvalue weighted by Gasteiger charge is 2.18. The molecule has 0 atom stereocenters. The Bertz CT molecular complexity index is 344. The van der Waals surface area contributed by atoms with Crippen LogP contribution < -0.4 is 9.47 Å². The lowest BCUT2D eigenvalue weighted by Gasteiger charge is -2.25. The molecule has 0 radical (unpaired) electrons. The van der Waals surface area contributed by atoms with E-state index >= 15 is 0 Å². The number of rotatable bonds is 9. The summed E-state index contributed by atoms with van der Waals surface area (Å²) in [7, 11) is 0. The number of hydrogen-bond donors (Lipinski definition) is 1. The van der Waals surface area contributed by atoms with Crippen molar-refractivity contribution in [3.05, 3.63) is 24.3 Å². The van der Waals surface area contributed by atoms with Gasteiger partial charge in [0.2, 0.25) is 0 Å². The minimum atomic E-state index is -0.349. The van der Waals surface area contributed by atoms with E-state index in [1.165, 1.54) is 12.8 Å². The van der Waals surface area contributed by atoms with Gasteiger partial charge in [0.05, 0.1) is 6.61 Å². The van der Waals surface area contributed by atoms with Crippen molar-refractivity contribution in [1.82, 2.24) is 0 Å². The number of aliphatic hydroxyl groups is 1. The molecule has 0 amide bonds. The molecule has 1 aromatic carbocycles. The molecule has 108 valence electrons. The van der Waals surface area contributed by atoms with E-state index in [0.29, 0.717) is 6.42 Å². The highest BCUT2D eigenvalue weighted by atomic mass is 16.5. The quantitative estimate of drug-likeness (QED) is 0.691. The topological polar surface area (TPSA) is 38.7 Å². The van der Waals surface area contributed by atoms with E-state index in [1.807, 2.05) is 38.1 Å². The van der Waals surface area contributed by atoms with Gasteiger partial charge in [-0.25, -0.2) is 0 Å². The first-order valence-corrected chi connectivity index (χ1v) is 7.10. The van der Waals surface area contributed by atoms with Gasteiger partial charge in [0.15, 0.2) is 0 Å². The predicted molar refractivity (Wildman–Crippen MR) is 77.9 cm³/mol. The van der Waals surface area contributed by atoms with E-state index < -0.39 is 0 Å². The van der Waals surface area contributed by atoms with Crippen molar-refractivity contribution in [2.24, 2.45) is 0 Å². The predicted octanol–water partition coefficient (Wildman–Crippen LogP) is 3.80. The zero-order valence-electron chi connectivity index (χ0n) is 12.3. The summed E-state index contributed by atoms with van der Waals surface area (Å²) in [5.41, 5.74) is -0.349. The lowest BCUT2D eigenvalue weighted by atomic mass is 10.1. The van der Waals surface area contributed by atoms with Crippen molar-refractivity contribution in [3.63, 3.8) is 0 Å². The Morgan fingerprint density at radius 1 is 1.05 bits per heavy atom. The van der Waals surface area contributed by atoms with E-state index in [1.54, 1.807) is 0 Å². The first-order chi connectivity index (χ1) is 9.07. The fourth-order valence-corrected chi connectivity index (χ4v) is 1.79. The molecule has 0 unspecified atom stereocenters. The maximum Gasteiger partial charge on any atom is 0.120 e. The van der Waals surface area contributed by atoms with E-state index in [4.69, 9.17) is 14.6 Å². The highest BCUT2D eigenvalue weighted by Crippen LogP contribution is 2.23. The lowest BCUT2D eigenvalue weighted by molar-refractivity contribution is 0.0764. The molecule has 1 N–H and O–H groups in total. The Morgan fingerprint density at radius 3 is 2.26 bits per heavy atom. The fourth-order valence-electron chi connectivity index (χ4n) is 1.79. The van der Waals surface area contributed by atoms with Gasteiger partial charge in [-0.2, -0.15) is 0 Å². The van der Waals surface area contributed by atoms with Crippen molar-refractivity contribution in [2.75, 3.05) is 13.2 Å². The molecule has 0 aliphatic rings. The maximum absolute atomic E-state index is 8.96. The van der Waals surface area contributed by atoms with Crippen LogP contribution in [0.1, 0.15) is 46.5 Å². The fraction of sp³-hybridized carbons (Fsp3) is 0.625. The van der Waals surface area contributed by atoms with Crippen LogP contribution in [-0.4, -0.2) is 23.9 Å². The van der Waals surface area contributed by atoms with Gasteiger partial charge in [-0.15, -0.1) is 0 Å². The number of hydrogen-bond acceptors (Lipinski definition) is 3. The van der Waals surface area contributed by atoms with Gasteiger partial charge in [0.25, 0.3) is 0 Å². The summed E-state index contributed by atoms with van der Waals surface area (Å²) < 4.78 is 11.5. The molecule has 0 fully saturated rings. The molecule has 19 heavy (non-hydrogen) atoms. The second kappa shape index (κ2) is 8.05. The average Bonchev–Trinajstić information content (AvgIpc) is 2.36. The van der Waals surface area contributed by atoms with Gasteiger partial charge in [-0.05, 0) is 44.5 Å². The van der Waals surface area contributed by atoms with Crippen LogP contribution in [0, 0.1) is 0 Å². The second-order valence-electron chi connectivity index (χ2n) is 5.36. The SMILES string of the molecule is CCCCCOc1ccc(OC(C)(C)CCO)cc1. The van der Waals surface area contributed by atoms with Crippen LogP contribution in [0.15, 0.2) is 24.3 Å². The molecule has 0 saturated heterocycles. The third kappa shape index (κ3) is 6.48. The van der Waals surface area contributed by atoms with Crippen LogP contribution >= 0.6 is 0 Å². The summed E-state index contributed by atoms with van der Waals surface area (Å²) in [6.45, 7) is 7.02. The summed E-state index contributed by atoms with van der Waals surface area (Å²) in [5.74, 6) is 1.68. The molecule has 1 aromatic rings. The zero-order valence-corrected chi connectivity index (χ0v) is 12.3. The van der Waals surface area contributed by atoms with Gasteiger partial charge in [0.1, 0.15) is 17.1 Å². The molecule has 0 spiro atoms. The number of benzene rings is 1. The molecular weight excluding hydrogens is 240 g/mol. The molecule has 0 aliphatic carbocycles. The minimum absolute atomic E-state index is 0.131. The Hall–Kier alpha value is -1.22. The summed E-state index contributed by atoms with van der Waals surface area (Å²) in [4.78, 5) is 0. The van der Waals surface area contributed by atoms with Crippen molar-refractivity contribution in [3.8, 4) is 11.5 Å². The minimum Gasteiger partial charge on any atom is -0.494 e. The Balaban J connectivity index is 2.43. The van der Waals surface area contributed by atoms with E-state index in [2.05, 4.69) is 6.92 Å². The summed E-state index contributed by atoms with van der Waals surface area (Å²) >= 11 is 0. The van der Waals surface area contributed by atoms with Crippen molar-refractivity contribution >= 4 is 0 Å². The van der Waals surface area contributed by atoms with Crippen molar-refractivity contribution in [1.29, 1.82) is 0 Å². The summed E-state index contributed by atoms with van der Waals surface area (Å²) in [6.07, 6.45) is 4.12. The van der Waals surface area contributed by atoms with Gasteiger partial charge in [-0.3, -0.25) is 0 Å². The third-order valence-corrected chi connectivity index (χ3v) is 2.95. The molecule has 1 rings (SSSR count). The molecule has 0 saturated carbocycles. The molecule has 3 heteroatoms. The van der Waals surface area contributed by atoms with Gasteiger partial charge in [0, 0.05) is 13.0 Å². The van der Waals surface area contributed by atoms with Crippen LogP contribution in [0.5, 0.6) is 11.5 Å². The van der Waals surface area contributed by atoms with Gasteiger partial charge < -0.3 is 14.6 Å². The third-order valence-electron chi connectivity index (χ3n) is 2.95. The van der Waals surface area contributed by atoms with Gasteiger partial charge >= 0.3 is 0 Å². The smallest absolute Gasteiger partial charge is 0.120 e. The second-order valence-corrected chi connectivity index (χ2v) is 5.36. The number of aliphatic hydroxyl groups excluding tert-OH is 1. The van der Waals surface area contributed by atoms with Crippen LogP contribution in [0.25, 0.3) is 0 Å². The summed E-state index contributed by atoms with van der Waals surface area (Å²) in [6, 6.07) is 7.68. The van der Waals surface area contributed by atoms with E-state index in [-0.39, 0.29) is 12.2 Å². The number of unbranched alkanes of at least 4 members (excludes halogenated alkanes) is 2. The molecular formula is C16H26O3. The maximum atomic E-state index is 8.96. The summed E-state index contributed by atoms with van der Waals surface area (Å²) in [5, 5.41) is 8.96. The van der Waals surface area contributed by atoms with Crippen LogP contribution in [0.4, 0.5) is 0 Å². The molecule has 3 nitrogen and oxygen atoms in total. The zero-order chi connectivity index (χ0) is 14.1. The molecule has 0 aliphatic heterocycles. The van der Waals surface area contributed by atoms with Crippen LogP contribution in [0.3, 0.4) is 0 Å². The Labute approximate surface area is 116 Å². The van der Waals surface area contributed by atoms with E-state index in [9.17, 15) is 0 Å². The first-order valence-electron chi connectivity index (χ1n) is 7.10. The highest BCUT2D eigenvalue weighted by molar-refractivity contribution is 5.31. The number of ether oxygens (including phenoxy) is 2. The van der Waals surface area contributed by atoms with Crippen LogP contribution in [-0.2, 0) is 0 Å². The van der Waals surface area contributed by atoms with E-state index in [0.717, 1.165) is 24.5 Å². The average molecular weight is 266 g/mol. The first kappa shape index (κ1) is 15.8. The standard InChI is InChI=1S/C16H26O3/c1-4-5-6-13-18-14-7-9-15(10-8-14)19-16(2,3)11-12-17/h7-10,17H,4-6,11-13H2,1-3H3.